The van der Waals surface area contributed by atoms with E-state index in [0.717, 1.165) is 5.56 Å². The smallest absolute Gasteiger partial charge is 0.181 e. The van der Waals surface area contributed by atoms with Crippen LogP contribution in [0.2, 0.25) is 5.02 Å². The van der Waals surface area contributed by atoms with Gasteiger partial charge in [-0.3, -0.25) is 0 Å². The van der Waals surface area contributed by atoms with Crippen LogP contribution in [0, 0.1) is 0 Å². The second kappa shape index (κ2) is 4.51. The fourth-order valence-corrected chi connectivity index (χ4v) is 4.06. The average Bonchev–Trinajstić information content (AvgIpc) is 2.65. The molecule has 1 aliphatic heterocycles. The number of rotatable bonds is 2. The third kappa shape index (κ3) is 2.31. The highest BCUT2D eigenvalue weighted by Gasteiger charge is 2.34. The minimum absolute atomic E-state index is 0.0522. The lowest BCUT2D eigenvalue weighted by molar-refractivity contribution is 0.598. The summed E-state index contributed by atoms with van der Waals surface area (Å²) in [6.07, 6.45) is 1.53. The van der Waals surface area contributed by atoms with Crippen molar-refractivity contribution in [2.75, 3.05) is 11.1 Å². The van der Waals surface area contributed by atoms with E-state index in [1.54, 1.807) is 24.3 Å². The quantitative estimate of drug-likeness (QED) is 0.925. The van der Waals surface area contributed by atoms with Crippen molar-refractivity contribution >= 4 is 27.3 Å². The molecule has 4 nitrogen and oxygen atoms in total. The molecule has 0 amide bonds. The molecule has 1 aromatic carbocycles. The third-order valence-electron chi connectivity index (χ3n) is 3.07. The van der Waals surface area contributed by atoms with Crippen molar-refractivity contribution in [1.82, 2.24) is 4.98 Å². The highest BCUT2D eigenvalue weighted by atomic mass is 35.5. The average molecular weight is 295 g/mol. The summed E-state index contributed by atoms with van der Waals surface area (Å²) in [7, 11) is -3.20. The van der Waals surface area contributed by atoms with Gasteiger partial charge in [0.15, 0.2) is 9.84 Å². The Morgan fingerprint density at radius 1 is 1.21 bits per heavy atom. The Balaban J connectivity index is 1.94. The second-order valence-corrected chi connectivity index (χ2v) is 6.82. The summed E-state index contributed by atoms with van der Waals surface area (Å²) in [6.45, 7) is 0. The SMILES string of the molecule is O=S1(=O)CC(Nc2ccc(Cl)cn2)c2ccccc21. The molecule has 19 heavy (non-hydrogen) atoms. The highest BCUT2D eigenvalue weighted by molar-refractivity contribution is 7.91. The first-order valence-electron chi connectivity index (χ1n) is 5.76. The molecule has 6 heteroatoms. The van der Waals surface area contributed by atoms with Gasteiger partial charge >= 0.3 is 0 Å². The van der Waals surface area contributed by atoms with E-state index in [1.165, 1.54) is 6.20 Å². The molecule has 2 heterocycles. The molecule has 0 bridgehead atoms. The number of aromatic nitrogens is 1. The van der Waals surface area contributed by atoms with Gasteiger partial charge in [-0.15, -0.1) is 0 Å². The van der Waals surface area contributed by atoms with Crippen molar-refractivity contribution in [3.05, 3.63) is 53.2 Å². The lowest BCUT2D eigenvalue weighted by atomic mass is 10.1. The van der Waals surface area contributed by atoms with Gasteiger partial charge in [-0.25, -0.2) is 13.4 Å². The summed E-state index contributed by atoms with van der Waals surface area (Å²) in [5.41, 5.74) is 0.791. The first-order chi connectivity index (χ1) is 9.06. The summed E-state index contributed by atoms with van der Waals surface area (Å²) in [5, 5.41) is 3.68. The molecule has 1 unspecified atom stereocenters. The topological polar surface area (TPSA) is 59.1 Å². The van der Waals surface area contributed by atoms with Crippen molar-refractivity contribution in [2.24, 2.45) is 0 Å². The maximum atomic E-state index is 12.0. The van der Waals surface area contributed by atoms with Crippen LogP contribution in [0.5, 0.6) is 0 Å². The molecule has 0 fully saturated rings. The van der Waals surface area contributed by atoms with E-state index in [0.29, 0.717) is 15.7 Å². The number of sulfone groups is 1. The van der Waals surface area contributed by atoms with E-state index in [1.807, 2.05) is 12.1 Å². The van der Waals surface area contributed by atoms with E-state index in [9.17, 15) is 8.42 Å². The molecule has 0 saturated heterocycles. The Morgan fingerprint density at radius 3 is 2.74 bits per heavy atom. The zero-order valence-corrected chi connectivity index (χ0v) is 11.4. The standard InChI is InChI=1S/C13H11ClN2O2S/c14-9-5-6-13(15-7-9)16-11-8-19(17,18)12-4-2-1-3-10(11)12/h1-7,11H,8H2,(H,15,16). The van der Waals surface area contributed by atoms with Crippen molar-refractivity contribution < 1.29 is 8.42 Å². The lowest BCUT2D eigenvalue weighted by Gasteiger charge is -2.13. The van der Waals surface area contributed by atoms with Crippen LogP contribution in [-0.2, 0) is 9.84 Å². The van der Waals surface area contributed by atoms with Crippen molar-refractivity contribution in [3.8, 4) is 0 Å². The molecule has 1 aliphatic rings. The van der Waals surface area contributed by atoms with Gasteiger partial charge in [-0.2, -0.15) is 0 Å². The zero-order valence-electron chi connectivity index (χ0n) is 9.88. The zero-order chi connectivity index (χ0) is 13.5. The normalized spacial score (nSPS) is 19.9. The van der Waals surface area contributed by atoms with Gasteiger partial charge in [-0.1, -0.05) is 29.8 Å². The number of pyridine rings is 1. The fraction of sp³-hybridized carbons (Fsp3) is 0.154. The third-order valence-corrected chi connectivity index (χ3v) is 5.10. The first kappa shape index (κ1) is 12.4. The van der Waals surface area contributed by atoms with Crippen LogP contribution in [0.15, 0.2) is 47.5 Å². The number of nitrogens with zero attached hydrogens (tertiary/aromatic N) is 1. The molecule has 1 atom stereocenters. The second-order valence-electron chi connectivity index (χ2n) is 4.38. The summed E-state index contributed by atoms with van der Waals surface area (Å²) in [5.74, 6) is 0.665. The Morgan fingerprint density at radius 2 is 2.00 bits per heavy atom. The first-order valence-corrected chi connectivity index (χ1v) is 7.79. The predicted molar refractivity (Wildman–Crippen MR) is 74.1 cm³/mol. The number of hydrogen-bond acceptors (Lipinski definition) is 4. The fourth-order valence-electron chi connectivity index (χ4n) is 2.21. The van der Waals surface area contributed by atoms with E-state index in [2.05, 4.69) is 10.3 Å². The van der Waals surface area contributed by atoms with Crippen LogP contribution >= 0.6 is 11.6 Å². The van der Waals surface area contributed by atoms with Crippen LogP contribution in [-0.4, -0.2) is 19.2 Å². The van der Waals surface area contributed by atoms with Gasteiger partial charge < -0.3 is 5.32 Å². The van der Waals surface area contributed by atoms with E-state index < -0.39 is 9.84 Å². The molecular weight excluding hydrogens is 284 g/mol. The van der Waals surface area contributed by atoms with Gasteiger partial charge in [0.2, 0.25) is 0 Å². The molecule has 0 aliphatic carbocycles. The van der Waals surface area contributed by atoms with E-state index >= 15 is 0 Å². The molecular formula is C13H11ClN2O2S. The molecule has 0 spiro atoms. The molecule has 2 aromatic rings. The number of anilines is 1. The molecule has 0 saturated carbocycles. The number of hydrogen-bond donors (Lipinski definition) is 1. The van der Waals surface area contributed by atoms with Gasteiger partial charge in [-0.05, 0) is 23.8 Å². The summed E-state index contributed by atoms with van der Waals surface area (Å²) < 4.78 is 24.1. The summed E-state index contributed by atoms with van der Waals surface area (Å²) in [4.78, 5) is 4.53. The van der Waals surface area contributed by atoms with Gasteiger partial charge in [0.05, 0.1) is 21.7 Å². The molecule has 98 valence electrons. The van der Waals surface area contributed by atoms with Crippen LogP contribution in [0.4, 0.5) is 5.82 Å². The van der Waals surface area contributed by atoms with Crippen molar-refractivity contribution in [2.45, 2.75) is 10.9 Å². The van der Waals surface area contributed by atoms with Crippen molar-refractivity contribution in [3.63, 3.8) is 0 Å². The highest BCUT2D eigenvalue weighted by Crippen LogP contribution is 2.34. The maximum Gasteiger partial charge on any atom is 0.181 e. The van der Waals surface area contributed by atoms with Crippen LogP contribution < -0.4 is 5.32 Å². The van der Waals surface area contributed by atoms with Crippen LogP contribution in [0.1, 0.15) is 11.6 Å². The van der Waals surface area contributed by atoms with Crippen LogP contribution in [0.3, 0.4) is 0 Å². The Labute approximate surface area is 116 Å². The molecule has 1 aromatic heterocycles. The van der Waals surface area contributed by atoms with Gasteiger partial charge in [0.25, 0.3) is 0 Å². The maximum absolute atomic E-state index is 12.0. The number of nitrogens with one attached hydrogen (secondary N) is 1. The number of benzene rings is 1. The largest absolute Gasteiger partial charge is 0.362 e. The Hall–Kier alpha value is -1.59. The predicted octanol–water partition coefficient (Wildman–Crippen LogP) is 2.68. The number of halogens is 1. The monoisotopic (exact) mass is 294 g/mol. The lowest BCUT2D eigenvalue weighted by Crippen LogP contribution is -2.13. The molecule has 0 radical (unpaired) electrons. The minimum atomic E-state index is -3.20. The summed E-state index contributed by atoms with van der Waals surface area (Å²) in [6, 6.07) is 10.2. The number of fused-ring (bicyclic) bond motifs is 1. The molecule has 1 N–H and O–H groups in total. The van der Waals surface area contributed by atoms with E-state index in [-0.39, 0.29) is 11.8 Å². The van der Waals surface area contributed by atoms with Crippen molar-refractivity contribution in [1.29, 1.82) is 0 Å². The van der Waals surface area contributed by atoms with Crippen LogP contribution in [0.25, 0.3) is 0 Å². The Bertz CT molecular complexity index is 714. The van der Waals surface area contributed by atoms with Gasteiger partial charge in [0.1, 0.15) is 5.82 Å². The van der Waals surface area contributed by atoms with Gasteiger partial charge in [0, 0.05) is 6.20 Å². The summed E-state index contributed by atoms with van der Waals surface area (Å²) >= 11 is 5.77. The van der Waals surface area contributed by atoms with E-state index in [4.69, 9.17) is 11.6 Å². The minimum Gasteiger partial charge on any atom is -0.362 e. The molecule has 3 rings (SSSR count). The Kier molecular flexibility index (Phi) is 2.95.